The Bertz CT molecular complexity index is 1460. The molecule has 0 spiro atoms. The molecule has 38 heavy (non-hydrogen) atoms. The minimum absolute atomic E-state index is 0.103. The van der Waals surface area contributed by atoms with E-state index in [1.54, 1.807) is 12.1 Å². The van der Waals surface area contributed by atoms with E-state index in [1.165, 1.54) is 0 Å². The number of aromatic nitrogens is 2. The molecule has 3 aromatic rings. The first-order chi connectivity index (χ1) is 18.3. The summed E-state index contributed by atoms with van der Waals surface area (Å²) >= 11 is 0. The number of nitrogens with zero attached hydrogens (tertiary/aromatic N) is 4. The molecular formula is C29H31F2N5O2. The monoisotopic (exact) mass is 519 g/mol. The van der Waals surface area contributed by atoms with Gasteiger partial charge in [-0.2, -0.15) is 0 Å². The molecule has 0 bridgehead atoms. The van der Waals surface area contributed by atoms with E-state index in [9.17, 15) is 13.6 Å². The van der Waals surface area contributed by atoms with E-state index in [-0.39, 0.29) is 35.9 Å². The average Bonchev–Trinajstić information content (AvgIpc) is 3.71. The number of carbonyl (C=O) groups is 1. The number of halogens is 2. The summed E-state index contributed by atoms with van der Waals surface area (Å²) in [7, 11) is 0. The molecule has 2 aliphatic heterocycles. The Balaban J connectivity index is 1.21. The van der Waals surface area contributed by atoms with Crippen LogP contribution in [0, 0.1) is 12.8 Å². The summed E-state index contributed by atoms with van der Waals surface area (Å²) in [6, 6.07) is 9.12. The number of fused-ring (bicyclic) bond motifs is 5. The molecule has 3 heterocycles. The van der Waals surface area contributed by atoms with Gasteiger partial charge in [0, 0.05) is 49.0 Å². The van der Waals surface area contributed by atoms with Gasteiger partial charge < -0.3 is 19.9 Å². The summed E-state index contributed by atoms with van der Waals surface area (Å²) in [5.74, 6) is -0.186. The predicted molar refractivity (Wildman–Crippen MR) is 141 cm³/mol. The summed E-state index contributed by atoms with van der Waals surface area (Å²) in [6.07, 6.45) is 2.25. The van der Waals surface area contributed by atoms with Crippen LogP contribution in [-0.2, 0) is 17.1 Å². The highest BCUT2D eigenvalue weighted by molar-refractivity contribution is 5.94. The second-order valence-electron chi connectivity index (χ2n) is 11.1. The highest BCUT2D eigenvalue weighted by atomic mass is 19.3. The average molecular weight is 520 g/mol. The number of hydrogen-bond acceptors (Lipinski definition) is 6. The number of benzene rings is 2. The maximum atomic E-state index is 14.4. The smallest absolute Gasteiger partial charge is 0.273 e. The zero-order valence-corrected chi connectivity index (χ0v) is 21.6. The zero-order valence-electron chi connectivity index (χ0n) is 21.6. The van der Waals surface area contributed by atoms with Crippen molar-refractivity contribution < 1.29 is 18.3 Å². The number of piperazine rings is 1. The summed E-state index contributed by atoms with van der Waals surface area (Å²) in [5.41, 5.74) is 3.51. The standard InChI is InChI=1S/C29H31F2N5O2/c1-16(20-4-3-5-23-21(20)8-9-29(23,30)31)32-27-22-12-25-26(13-24(22)33-17(2)34-27)38-15-19-14-35(10-11-36(19)25)28(37)18-6-7-18/h3-5,12-13,16,18-19H,6-11,14-15H2,1-2H3,(H,32,33,34)/t16-,19?/m1/s1. The van der Waals surface area contributed by atoms with Crippen LogP contribution in [0.4, 0.5) is 20.3 Å². The normalized spacial score (nSPS) is 22.4. The van der Waals surface area contributed by atoms with Crippen molar-refractivity contribution in [2.24, 2.45) is 5.92 Å². The fraction of sp³-hybridized carbons (Fsp3) is 0.483. The van der Waals surface area contributed by atoms with E-state index < -0.39 is 5.92 Å². The lowest BCUT2D eigenvalue weighted by molar-refractivity contribution is -0.133. The molecular weight excluding hydrogens is 488 g/mol. The highest BCUT2D eigenvalue weighted by Gasteiger charge is 2.41. The number of carbonyl (C=O) groups excluding carboxylic acids is 1. The van der Waals surface area contributed by atoms with Crippen LogP contribution in [0.25, 0.3) is 10.9 Å². The minimum atomic E-state index is -2.77. The molecule has 7 nitrogen and oxygen atoms in total. The van der Waals surface area contributed by atoms with Gasteiger partial charge in [-0.3, -0.25) is 4.79 Å². The summed E-state index contributed by atoms with van der Waals surface area (Å²) in [6.45, 7) is 6.50. The third-order valence-corrected chi connectivity index (χ3v) is 8.46. The van der Waals surface area contributed by atoms with Crippen molar-refractivity contribution in [2.45, 2.75) is 57.5 Å². The van der Waals surface area contributed by atoms with Crippen LogP contribution in [0.3, 0.4) is 0 Å². The van der Waals surface area contributed by atoms with Crippen molar-refractivity contribution in [2.75, 3.05) is 36.5 Å². The molecule has 9 heteroatoms. The minimum Gasteiger partial charge on any atom is -0.489 e. The largest absolute Gasteiger partial charge is 0.489 e. The van der Waals surface area contributed by atoms with Crippen molar-refractivity contribution in [1.82, 2.24) is 14.9 Å². The van der Waals surface area contributed by atoms with Gasteiger partial charge >= 0.3 is 0 Å². The summed E-state index contributed by atoms with van der Waals surface area (Å²) in [5, 5.41) is 4.37. The lowest BCUT2D eigenvalue weighted by Crippen LogP contribution is -2.58. The number of alkyl halides is 2. The van der Waals surface area contributed by atoms with Crippen molar-refractivity contribution in [3.8, 4) is 5.75 Å². The van der Waals surface area contributed by atoms with Gasteiger partial charge in [0.15, 0.2) is 0 Å². The number of anilines is 2. The van der Waals surface area contributed by atoms with Crippen LogP contribution in [0.15, 0.2) is 30.3 Å². The van der Waals surface area contributed by atoms with E-state index in [0.717, 1.165) is 52.9 Å². The molecule has 1 N–H and O–H groups in total. The topological polar surface area (TPSA) is 70.6 Å². The Morgan fingerprint density at radius 2 is 2.05 bits per heavy atom. The second-order valence-corrected chi connectivity index (χ2v) is 11.1. The fourth-order valence-corrected chi connectivity index (χ4v) is 6.33. The van der Waals surface area contributed by atoms with Gasteiger partial charge in [0.05, 0.1) is 23.3 Å². The van der Waals surface area contributed by atoms with Gasteiger partial charge in [0.1, 0.15) is 24.0 Å². The Morgan fingerprint density at radius 3 is 2.87 bits per heavy atom. The van der Waals surface area contributed by atoms with Gasteiger partial charge in [0.25, 0.3) is 5.92 Å². The third kappa shape index (κ3) is 3.85. The van der Waals surface area contributed by atoms with Crippen molar-refractivity contribution in [3.63, 3.8) is 0 Å². The lowest BCUT2D eigenvalue weighted by Gasteiger charge is -2.45. The van der Waals surface area contributed by atoms with E-state index in [2.05, 4.69) is 21.3 Å². The SMILES string of the molecule is Cc1nc(N[C@H](C)c2cccc3c2CCC3(F)F)c2cc3c(cc2n1)OCC1CN(C(=O)C2CC2)CCN31. The number of ether oxygens (including phenoxy) is 1. The van der Waals surface area contributed by atoms with E-state index in [1.807, 2.05) is 30.9 Å². The van der Waals surface area contributed by atoms with Crippen molar-refractivity contribution in [3.05, 3.63) is 52.8 Å². The van der Waals surface area contributed by atoms with Crippen LogP contribution in [-0.4, -0.2) is 53.1 Å². The Kier molecular flexibility index (Phi) is 5.29. The molecule has 2 atom stereocenters. The van der Waals surface area contributed by atoms with Gasteiger partial charge in [-0.15, -0.1) is 0 Å². The Labute approximate surface area is 220 Å². The molecule has 2 aliphatic carbocycles. The summed E-state index contributed by atoms with van der Waals surface area (Å²) in [4.78, 5) is 26.4. The number of aryl methyl sites for hydroxylation is 1. The maximum Gasteiger partial charge on any atom is 0.273 e. The molecule has 1 saturated carbocycles. The molecule has 4 aliphatic rings. The molecule has 1 amide bonds. The number of amides is 1. The lowest BCUT2D eigenvalue weighted by atomic mass is 9.97. The van der Waals surface area contributed by atoms with E-state index in [0.29, 0.717) is 37.8 Å². The highest BCUT2D eigenvalue weighted by Crippen LogP contribution is 2.45. The third-order valence-electron chi connectivity index (χ3n) is 8.46. The first-order valence-electron chi connectivity index (χ1n) is 13.6. The van der Waals surface area contributed by atoms with Gasteiger partial charge in [0.2, 0.25) is 5.91 Å². The van der Waals surface area contributed by atoms with E-state index in [4.69, 9.17) is 9.72 Å². The van der Waals surface area contributed by atoms with Gasteiger partial charge in [-0.1, -0.05) is 18.2 Å². The fourth-order valence-electron chi connectivity index (χ4n) is 6.33. The molecule has 7 rings (SSSR count). The molecule has 0 radical (unpaired) electrons. The first kappa shape index (κ1) is 23.6. The number of nitrogens with one attached hydrogen (secondary N) is 1. The number of rotatable bonds is 4. The van der Waals surface area contributed by atoms with E-state index >= 15 is 0 Å². The van der Waals surface area contributed by atoms with Crippen LogP contribution in [0.1, 0.15) is 54.7 Å². The maximum absolute atomic E-state index is 14.4. The van der Waals surface area contributed by atoms with Crippen LogP contribution in [0.2, 0.25) is 0 Å². The molecule has 2 fully saturated rings. The molecule has 1 saturated heterocycles. The number of hydrogen-bond donors (Lipinski definition) is 1. The van der Waals surface area contributed by atoms with Gasteiger partial charge in [-0.05, 0) is 50.3 Å². The molecule has 1 unspecified atom stereocenters. The molecule has 2 aromatic carbocycles. The van der Waals surface area contributed by atoms with Crippen LogP contribution in [0.5, 0.6) is 5.75 Å². The Morgan fingerprint density at radius 1 is 1.21 bits per heavy atom. The van der Waals surface area contributed by atoms with Gasteiger partial charge in [-0.25, -0.2) is 18.7 Å². The Hall–Kier alpha value is -3.49. The first-order valence-corrected chi connectivity index (χ1v) is 13.6. The second kappa shape index (κ2) is 8.51. The van der Waals surface area contributed by atoms with Crippen molar-refractivity contribution in [1.29, 1.82) is 0 Å². The van der Waals surface area contributed by atoms with Crippen LogP contribution < -0.4 is 15.0 Å². The van der Waals surface area contributed by atoms with Crippen LogP contribution >= 0.6 is 0 Å². The van der Waals surface area contributed by atoms with Crippen molar-refractivity contribution >= 4 is 28.3 Å². The molecule has 1 aromatic heterocycles. The summed E-state index contributed by atoms with van der Waals surface area (Å²) < 4.78 is 35.0. The molecule has 198 valence electrons. The predicted octanol–water partition coefficient (Wildman–Crippen LogP) is 4.97. The zero-order chi connectivity index (χ0) is 26.2. The quantitative estimate of drug-likeness (QED) is 0.525.